The van der Waals surface area contributed by atoms with Gasteiger partial charge < -0.3 is 10.2 Å². The summed E-state index contributed by atoms with van der Waals surface area (Å²) in [6.07, 6.45) is 2.06. The molecule has 0 aromatic heterocycles. The summed E-state index contributed by atoms with van der Waals surface area (Å²) in [5.74, 6) is 0. The first-order valence-electron chi connectivity index (χ1n) is 7.63. The molecule has 2 amide bonds. The minimum Gasteiger partial charge on any atom is -0.323 e. The fraction of sp³-hybridized carbons (Fsp3) is 0.316. The van der Waals surface area contributed by atoms with Gasteiger partial charge in [-0.1, -0.05) is 29.8 Å². The van der Waals surface area contributed by atoms with Crippen LogP contribution in [0.3, 0.4) is 0 Å². The van der Waals surface area contributed by atoms with Crippen molar-refractivity contribution in [3.05, 3.63) is 58.7 Å². The first-order chi connectivity index (χ1) is 10.9. The van der Waals surface area contributed by atoms with Crippen LogP contribution >= 0.6 is 11.8 Å². The minimum absolute atomic E-state index is 0.0889. The van der Waals surface area contributed by atoms with Crippen LogP contribution in [0.25, 0.3) is 0 Å². The lowest BCUT2D eigenvalue weighted by Crippen LogP contribution is -2.31. The highest BCUT2D eigenvalue weighted by Crippen LogP contribution is 2.22. The van der Waals surface area contributed by atoms with Crippen LogP contribution in [0.1, 0.15) is 22.3 Å². The second-order valence-electron chi connectivity index (χ2n) is 5.91. The number of benzene rings is 2. The summed E-state index contributed by atoms with van der Waals surface area (Å²) in [7, 11) is 1.82. The molecule has 2 aromatic carbocycles. The second kappa shape index (κ2) is 7.55. The normalized spacial score (nSPS) is 10.5. The number of hydrogen-bond acceptors (Lipinski definition) is 2. The maximum absolute atomic E-state index is 12.4. The van der Waals surface area contributed by atoms with Crippen LogP contribution in [0.2, 0.25) is 0 Å². The van der Waals surface area contributed by atoms with Crippen molar-refractivity contribution < 1.29 is 4.79 Å². The molecule has 0 aliphatic rings. The van der Waals surface area contributed by atoms with Crippen molar-refractivity contribution in [2.75, 3.05) is 18.6 Å². The number of aryl methyl sites for hydroxylation is 3. The molecule has 0 atom stereocenters. The van der Waals surface area contributed by atoms with E-state index < -0.39 is 0 Å². The van der Waals surface area contributed by atoms with Crippen molar-refractivity contribution in [2.24, 2.45) is 0 Å². The van der Waals surface area contributed by atoms with Gasteiger partial charge in [-0.3, -0.25) is 0 Å². The number of urea groups is 1. The Bertz CT molecular complexity index is 672. The first-order valence-corrected chi connectivity index (χ1v) is 8.86. The Balaban J connectivity index is 2.05. The van der Waals surface area contributed by atoms with Crippen molar-refractivity contribution in [1.29, 1.82) is 0 Å². The number of nitrogens with zero attached hydrogens (tertiary/aromatic N) is 1. The van der Waals surface area contributed by atoms with Gasteiger partial charge >= 0.3 is 6.03 Å². The third-order valence-corrected chi connectivity index (χ3v) is 4.58. The van der Waals surface area contributed by atoms with E-state index in [1.165, 1.54) is 10.5 Å². The molecule has 0 bridgehead atoms. The topological polar surface area (TPSA) is 32.3 Å². The predicted octanol–water partition coefficient (Wildman–Crippen LogP) is 5.00. The molecule has 0 aliphatic heterocycles. The lowest BCUT2D eigenvalue weighted by Gasteiger charge is -2.20. The van der Waals surface area contributed by atoms with E-state index in [0.717, 1.165) is 22.4 Å². The monoisotopic (exact) mass is 328 g/mol. The zero-order valence-electron chi connectivity index (χ0n) is 14.4. The summed E-state index contributed by atoms with van der Waals surface area (Å²) in [5.41, 5.74) is 5.42. The van der Waals surface area contributed by atoms with Gasteiger partial charge in [0.05, 0.1) is 0 Å². The molecule has 4 heteroatoms. The summed E-state index contributed by atoms with van der Waals surface area (Å²) in [4.78, 5) is 15.4. The zero-order valence-corrected chi connectivity index (χ0v) is 15.3. The molecule has 0 saturated carbocycles. The Morgan fingerprint density at radius 2 is 1.65 bits per heavy atom. The molecule has 23 heavy (non-hydrogen) atoms. The number of nitrogens with one attached hydrogen (secondary N) is 1. The van der Waals surface area contributed by atoms with Gasteiger partial charge in [-0.25, -0.2) is 4.79 Å². The van der Waals surface area contributed by atoms with Crippen LogP contribution in [0, 0.1) is 20.8 Å². The van der Waals surface area contributed by atoms with E-state index in [9.17, 15) is 4.79 Å². The largest absolute Gasteiger partial charge is 0.323 e. The molecule has 0 unspecified atom stereocenters. The summed E-state index contributed by atoms with van der Waals surface area (Å²) < 4.78 is 0. The van der Waals surface area contributed by atoms with Crippen molar-refractivity contribution in [1.82, 2.24) is 4.90 Å². The summed E-state index contributed by atoms with van der Waals surface area (Å²) >= 11 is 1.72. The predicted molar refractivity (Wildman–Crippen MR) is 99.4 cm³/mol. The van der Waals surface area contributed by atoms with E-state index in [0.29, 0.717) is 6.54 Å². The number of hydrogen-bond donors (Lipinski definition) is 1. The summed E-state index contributed by atoms with van der Waals surface area (Å²) in [5, 5.41) is 3.03. The molecule has 0 heterocycles. The number of carbonyl (C=O) groups excluding carboxylic acids is 1. The lowest BCUT2D eigenvalue weighted by atomic mass is 10.1. The number of amides is 2. The molecular weight excluding hydrogens is 304 g/mol. The van der Waals surface area contributed by atoms with E-state index >= 15 is 0 Å². The van der Waals surface area contributed by atoms with E-state index in [1.807, 2.05) is 20.9 Å². The number of thioether (sulfide) groups is 1. The fourth-order valence-corrected chi connectivity index (χ4v) is 3.06. The smallest absolute Gasteiger partial charge is 0.321 e. The highest BCUT2D eigenvalue weighted by Gasteiger charge is 2.12. The van der Waals surface area contributed by atoms with Crippen molar-refractivity contribution in [3.63, 3.8) is 0 Å². The zero-order chi connectivity index (χ0) is 17.0. The van der Waals surface area contributed by atoms with E-state index in [2.05, 4.69) is 54.9 Å². The summed E-state index contributed by atoms with van der Waals surface area (Å²) in [6.45, 7) is 6.70. The Kier molecular flexibility index (Phi) is 5.72. The number of carbonyl (C=O) groups is 1. The Morgan fingerprint density at radius 3 is 2.17 bits per heavy atom. The maximum Gasteiger partial charge on any atom is 0.321 e. The number of anilines is 1. The molecule has 3 nitrogen and oxygen atoms in total. The van der Waals surface area contributed by atoms with Crippen LogP contribution in [0.15, 0.2) is 41.3 Å². The van der Waals surface area contributed by atoms with Crippen molar-refractivity contribution in [3.8, 4) is 0 Å². The molecule has 122 valence electrons. The van der Waals surface area contributed by atoms with Gasteiger partial charge in [0, 0.05) is 24.2 Å². The third kappa shape index (κ3) is 4.52. The van der Waals surface area contributed by atoms with Crippen molar-refractivity contribution in [2.45, 2.75) is 32.2 Å². The quantitative estimate of drug-likeness (QED) is 0.801. The van der Waals surface area contributed by atoms with Gasteiger partial charge in [-0.2, -0.15) is 0 Å². The lowest BCUT2D eigenvalue weighted by molar-refractivity contribution is 0.220. The first kappa shape index (κ1) is 17.4. The molecule has 0 radical (unpaired) electrons. The Morgan fingerprint density at radius 1 is 1.09 bits per heavy atom. The van der Waals surface area contributed by atoms with Crippen LogP contribution in [-0.4, -0.2) is 24.2 Å². The second-order valence-corrected chi connectivity index (χ2v) is 6.79. The molecule has 0 aliphatic carbocycles. The molecule has 0 spiro atoms. The molecule has 1 N–H and O–H groups in total. The molecule has 2 rings (SSSR count). The third-order valence-electron chi connectivity index (χ3n) is 3.83. The van der Waals surface area contributed by atoms with Gasteiger partial charge in [0.25, 0.3) is 0 Å². The standard InChI is InChI=1S/C19H24N2OS/c1-13-10-14(2)18(15(3)11-13)20-19(22)21(4)12-16-6-8-17(23-5)9-7-16/h6-11H,12H2,1-5H3,(H,20,22). The number of rotatable bonds is 4. The van der Waals surface area contributed by atoms with Gasteiger partial charge in [-0.15, -0.1) is 11.8 Å². The van der Waals surface area contributed by atoms with Gasteiger partial charge in [-0.05, 0) is 55.9 Å². The van der Waals surface area contributed by atoms with Crippen LogP contribution in [0.5, 0.6) is 0 Å². The molecule has 2 aromatic rings. The van der Waals surface area contributed by atoms with Gasteiger partial charge in [0.2, 0.25) is 0 Å². The van der Waals surface area contributed by atoms with E-state index in [-0.39, 0.29) is 6.03 Å². The summed E-state index contributed by atoms with van der Waals surface area (Å²) in [6, 6.07) is 12.4. The van der Waals surface area contributed by atoms with Crippen LogP contribution in [0.4, 0.5) is 10.5 Å². The van der Waals surface area contributed by atoms with Gasteiger partial charge in [0.1, 0.15) is 0 Å². The molecular formula is C19H24N2OS. The Labute approximate surface area is 143 Å². The molecule has 0 fully saturated rings. The SMILES string of the molecule is CSc1ccc(CN(C)C(=O)Nc2c(C)cc(C)cc2C)cc1. The molecule has 0 saturated heterocycles. The fourth-order valence-electron chi connectivity index (χ4n) is 2.66. The average Bonchev–Trinajstić information content (AvgIpc) is 2.51. The highest BCUT2D eigenvalue weighted by atomic mass is 32.2. The van der Waals surface area contributed by atoms with E-state index in [4.69, 9.17) is 0 Å². The maximum atomic E-state index is 12.4. The Hall–Kier alpha value is -1.94. The van der Waals surface area contributed by atoms with Crippen LogP contribution < -0.4 is 5.32 Å². The van der Waals surface area contributed by atoms with Crippen molar-refractivity contribution >= 4 is 23.5 Å². The van der Waals surface area contributed by atoms with Gasteiger partial charge in [0.15, 0.2) is 0 Å². The minimum atomic E-state index is -0.0889. The highest BCUT2D eigenvalue weighted by molar-refractivity contribution is 7.98. The van der Waals surface area contributed by atoms with E-state index in [1.54, 1.807) is 16.7 Å². The van der Waals surface area contributed by atoms with Crippen LogP contribution in [-0.2, 0) is 6.54 Å². The average molecular weight is 328 g/mol.